The number of nitrogens with one attached hydrogen (secondary N) is 1. The van der Waals surface area contributed by atoms with Gasteiger partial charge in [0.2, 0.25) is 5.91 Å². The first-order valence-electron chi connectivity index (χ1n) is 13.6. The van der Waals surface area contributed by atoms with Gasteiger partial charge in [-0.25, -0.2) is 0 Å². The van der Waals surface area contributed by atoms with Crippen molar-refractivity contribution >= 4 is 18.8 Å². The van der Waals surface area contributed by atoms with Crippen molar-refractivity contribution in [2.24, 2.45) is 0 Å². The predicted octanol–water partition coefficient (Wildman–Crippen LogP) is 7.07. The first-order chi connectivity index (χ1) is 19.2. The van der Waals surface area contributed by atoms with E-state index in [0.29, 0.717) is 46.1 Å². The van der Waals surface area contributed by atoms with Crippen LogP contribution in [0.1, 0.15) is 67.8 Å². The summed E-state index contributed by atoms with van der Waals surface area (Å²) in [5, 5.41) is 2.37. The minimum absolute atomic E-state index is 0.0618. The Morgan fingerprint density at radius 2 is 1.75 bits per heavy atom. The van der Waals surface area contributed by atoms with Crippen molar-refractivity contribution in [3.63, 3.8) is 0 Å². The van der Waals surface area contributed by atoms with Crippen molar-refractivity contribution < 1.29 is 31.6 Å². The van der Waals surface area contributed by atoms with Gasteiger partial charge < -0.3 is 9.84 Å². The van der Waals surface area contributed by atoms with Crippen molar-refractivity contribution in [2.45, 2.75) is 64.7 Å². The van der Waals surface area contributed by atoms with Gasteiger partial charge in [0.15, 0.2) is 0 Å². The van der Waals surface area contributed by atoms with E-state index >= 15 is 0 Å². The lowest BCUT2D eigenvalue weighted by Crippen LogP contribution is -2.37. The lowest BCUT2D eigenvalue weighted by molar-refractivity contribution is -0.138. The molecule has 40 heavy (non-hydrogen) atoms. The number of hydrogen-bond acceptors (Lipinski definition) is 5. The zero-order valence-electron chi connectivity index (χ0n) is 22.7. The second kappa shape index (κ2) is 13.1. The van der Waals surface area contributed by atoms with Crippen LogP contribution in [0.15, 0.2) is 60.8 Å². The fourth-order valence-electron chi connectivity index (χ4n) is 4.91. The van der Waals surface area contributed by atoms with Crippen LogP contribution in [0.5, 0.6) is 0 Å². The minimum Gasteiger partial charge on any atom is -0.346 e. The second-order valence-electron chi connectivity index (χ2n) is 9.77. The van der Waals surface area contributed by atoms with Crippen LogP contribution in [0.25, 0.3) is 11.1 Å². The molecule has 2 unspecified atom stereocenters. The predicted molar refractivity (Wildman–Crippen MR) is 149 cm³/mol. The molecule has 0 radical (unpaired) electrons. The number of carbonyl (C=O) groups is 1. The number of fused-ring (bicyclic) bond motifs is 3. The summed E-state index contributed by atoms with van der Waals surface area (Å²) in [5.41, 5.74) is 3.70. The number of benzene rings is 2. The van der Waals surface area contributed by atoms with Crippen LogP contribution < -0.4 is 10.6 Å². The molecule has 10 heteroatoms. The molecular weight excluding hydrogens is 540 g/mol. The third kappa shape index (κ3) is 6.82. The highest BCUT2D eigenvalue weighted by Crippen LogP contribution is 2.55. The summed E-state index contributed by atoms with van der Waals surface area (Å²) >= 11 is 0. The molecule has 0 aliphatic heterocycles. The van der Waals surface area contributed by atoms with Gasteiger partial charge in [-0.1, -0.05) is 63.1 Å². The minimum atomic E-state index is -4.55. The van der Waals surface area contributed by atoms with Gasteiger partial charge in [-0.3, -0.25) is 18.9 Å². The molecule has 3 aromatic rings. The summed E-state index contributed by atoms with van der Waals surface area (Å²) in [6.45, 7) is 2.73. The summed E-state index contributed by atoms with van der Waals surface area (Å²) in [6, 6.07) is 15.9. The van der Waals surface area contributed by atoms with E-state index in [0.717, 1.165) is 24.8 Å². The maximum atomic E-state index is 14.6. The number of amides is 1. The summed E-state index contributed by atoms with van der Waals surface area (Å²) < 4.78 is 65.7. The standard InChI is InChI=1S/C30H34F3N2O4P/c1-3-5-11-21-15-16-25(40(37,38-18-6-4-2)39-19-22-12-9-10-17-34-22)27-23-13-7-8-14-24(23)28(26(21)27)29(36)35-20-30(31,32)33/h7-10,12-17,28H,3-6,11,18-20H2,1-2H3,(H,35,36). The van der Waals surface area contributed by atoms with Crippen molar-refractivity contribution in [3.8, 4) is 11.1 Å². The molecule has 6 nitrogen and oxygen atoms in total. The summed E-state index contributed by atoms with van der Waals surface area (Å²) in [7, 11) is -3.96. The molecule has 4 rings (SSSR count). The van der Waals surface area contributed by atoms with E-state index in [1.54, 1.807) is 60.8 Å². The van der Waals surface area contributed by atoms with Crippen LogP contribution in [0.2, 0.25) is 0 Å². The van der Waals surface area contributed by atoms with Gasteiger partial charge in [-0.15, -0.1) is 0 Å². The molecule has 0 saturated heterocycles. The van der Waals surface area contributed by atoms with Crippen LogP contribution in [-0.2, 0) is 31.4 Å². The van der Waals surface area contributed by atoms with E-state index < -0.39 is 32.1 Å². The molecule has 1 aromatic heterocycles. The van der Waals surface area contributed by atoms with Gasteiger partial charge in [-0.2, -0.15) is 13.2 Å². The monoisotopic (exact) mass is 574 g/mol. The number of aryl methyl sites for hydroxylation is 1. The molecule has 1 aliphatic rings. The van der Waals surface area contributed by atoms with Gasteiger partial charge in [-0.05, 0) is 59.7 Å². The summed E-state index contributed by atoms with van der Waals surface area (Å²) in [4.78, 5) is 17.6. The van der Waals surface area contributed by atoms with Crippen molar-refractivity contribution in [1.82, 2.24) is 10.3 Å². The summed E-state index contributed by atoms with van der Waals surface area (Å²) in [6.07, 6.45) is 0.866. The van der Waals surface area contributed by atoms with E-state index in [2.05, 4.69) is 10.3 Å². The number of hydrogen-bond donors (Lipinski definition) is 1. The quantitative estimate of drug-likeness (QED) is 0.175. The number of halogens is 3. The molecular formula is C30H34F3N2O4P. The lowest BCUT2D eigenvalue weighted by atomic mass is 9.90. The number of alkyl halides is 3. The smallest absolute Gasteiger partial charge is 0.346 e. The van der Waals surface area contributed by atoms with E-state index in [4.69, 9.17) is 9.05 Å². The first kappa shape index (κ1) is 30.0. The highest BCUT2D eigenvalue weighted by atomic mass is 31.2. The first-order valence-corrected chi connectivity index (χ1v) is 15.1. The van der Waals surface area contributed by atoms with Gasteiger partial charge in [0.1, 0.15) is 6.54 Å². The van der Waals surface area contributed by atoms with Gasteiger partial charge >= 0.3 is 13.8 Å². The van der Waals surface area contributed by atoms with E-state index in [1.165, 1.54) is 0 Å². The number of rotatable bonds is 13. The zero-order valence-corrected chi connectivity index (χ0v) is 23.6. The SMILES string of the molecule is CCCCOP(=O)(OCc1ccccn1)c1ccc(CCCC)c2c1-c1ccccc1C2C(=O)NCC(F)(F)F. The Labute approximate surface area is 232 Å². The topological polar surface area (TPSA) is 77.5 Å². The molecule has 0 saturated carbocycles. The molecule has 214 valence electrons. The highest BCUT2D eigenvalue weighted by Gasteiger charge is 2.42. The number of pyridine rings is 1. The third-order valence-electron chi connectivity index (χ3n) is 6.83. The second-order valence-corrected chi connectivity index (χ2v) is 11.8. The Hall–Kier alpha value is -3.00. The average Bonchev–Trinajstić information content (AvgIpc) is 3.29. The normalized spacial score (nSPS) is 15.8. The van der Waals surface area contributed by atoms with Crippen LogP contribution in [0.3, 0.4) is 0 Å². The molecule has 1 aliphatic carbocycles. The number of nitrogens with zero attached hydrogens (tertiary/aromatic N) is 1. The number of aromatic nitrogens is 1. The van der Waals surface area contributed by atoms with Crippen LogP contribution in [0, 0.1) is 0 Å². The van der Waals surface area contributed by atoms with Gasteiger partial charge in [0.05, 0.1) is 30.1 Å². The van der Waals surface area contributed by atoms with E-state index in [9.17, 15) is 22.5 Å². The largest absolute Gasteiger partial charge is 0.405 e. The maximum absolute atomic E-state index is 14.6. The van der Waals surface area contributed by atoms with Crippen LogP contribution >= 0.6 is 7.60 Å². The number of unbranched alkanes of at least 4 members (excludes halogenated alkanes) is 2. The highest BCUT2D eigenvalue weighted by molar-refractivity contribution is 7.62. The molecule has 1 heterocycles. The lowest BCUT2D eigenvalue weighted by Gasteiger charge is -2.23. The van der Waals surface area contributed by atoms with Crippen molar-refractivity contribution in [3.05, 3.63) is 83.2 Å². The Morgan fingerprint density at radius 3 is 2.45 bits per heavy atom. The Morgan fingerprint density at radius 1 is 1.00 bits per heavy atom. The van der Waals surface area contributed by atoms with Gasteiger partial charge in [0, 0.05) is 11.8 Å². The fraction of sp³-hybridized carbons (Fsp3) is 0.400. The molecule has 0 spiro atoms. The number of carbonyl (C=O) groups excluding carboxylic acids is 1. The molecule has 1 N–H and O–H groups in total. The average molecular weight is 575 g/mol. The molecule has 0 fully saturated rings. The van der Waals surface area contributed by atoms with Crippen molar-refractivity contribution in [1.29, 1.82) is 0 Å². The fourth-order valence-corrected chi connectivity index (χ4v) is 6.71. The van der Waals surface area contributed by atoms with Crippen LogP contribution in [0.4, 0.5) is 13.2 Å². The molecule has 1 amide bonds. The zero-order chi connectivity index (χ0) is 28.8. The van der Waals surface area contributed by atoms with E-state index in [1.807, 2.05) is 13.8 Å². The molecule has 2 atom stereocenters. The Bertz CT molecular complexity index is 1360. The molecule has 2 aromatic carbocycles. The third-order valence-corrected chi connectivity index (χ3v) is 8.79. The Balaban J connectivity index is 1.86. The van der Waals surface area contributed by atoms with E-state index in [-0.39, 0.29) is 13.2 Å². The Kier molecular flexibility index (Phi) is 9.82. The maximum Gasteiger partial charge on any atom is 0.405 e. The van der Waals surface area contributed by atoms with Gasteiger partial charge in [0.25, 0.3) is 0 Å². The molecule has 0 bridgehead atoms. The van der Waals surface area contributed by atoms with Crippen LogP contribution in [-0.4, -0.2) is 30.2 Å². The van der Waals surface area contributed by atoms with Crippen molar-refractivity contribution in [2.75, 3.05) is 13.2 Å². The summed E-state index contributed by atoms with van der Waals surface area (Å²) in [5.74, 6) is -1.74.